The Labute approximate surface area is 194 Å². The quantitative estimate of drug-likeness (QED) is 0.670. The van der Waals surface area contributed by atoms with Crippen LogP contribution in [0.2, 0.25) is 5.02 Å². The van der Waals surface area contributed by atoms with Crippen LogP contribution in [0.1, 0.15) is 38.5 Å². The lowest BCUT2D eigenvalue weighted by Crippen LogP contribution is -2.42. The van der Waals surface area contributed by atoms with Crippen LogP contribution < -0.4 is 20.8 Å². The van der Waals surface area contributed by atoms with E-state index >= 15 is 0 Å². The second-order valence-electron chi connectivity index (χ2n) is 8.55. The summed E-state index contributed by atoms with van der Waals surface area (Å²) in [6.45, 7) is 3.94. The van der Waals surface area contributed by atoms with Gasteiger partial charge in [0.15, 0.2) is 0 Å². The number of ether oxygens (including phenoxy) is 1. The first kappa shape index (κ1) is 22.8. The van der Waals surface area contributed by atoms with Gasteiger partial charge < -0.3 is 20.3 Å². The number of anilines is 4. The van der Waals surface area contributed by atoms with E-state index in [2.05, 4.69) is 37.3 Å². The zero-order valence-corrected chi connectivity index (χ0v) is 19.7. The van der Waals surface area contributed by atoms with Crippen molar-refractivity contribution in [2.45, 2.75) is 44.6 Å². The monoisotopic (exact) mass is 460 g/mol. The van der Waals surface area contributed by atoms with E-state index in [0.717, 1.165) is 57.5 Å². The molecule has 0 unspecified atom stereocenters. The van der Waals surface area contributed by atoms with E-state index < -0.39 is 0 Å². The number of piperidine rings is 1. The average molecular weight is 461 g/mol. The number of hydrazine groups is 1. The highest BCUT2D eigenvalue weighted by Crippen LogP contribution is 2.35. The summed E-state index contributed by atoms with van der Waals surface area (Å²) in [7, 11) is 3.76. The standard InChI is InChI=1S/C22H33ClN8O/c1-29-13-9-16(10-14-29)31(17-7-8-19(32-2)18(23)15-17)22-26-20(24)25-21(27-22)28-30-11-5-3-4-6-12-30/h7-8,15-16H,3-6,9-14H2,1-2H3,(H3,24,25,26,27,28). The van der Waals surface area contributed by atoms with Gasteiger partial charge in [-0.25, -0.2) is 5.01 Å². The summed E-state index contributed by atoms with van der Waals surface area (Å²) in [5.74, 6) is 1.85. The van der Waals surface area contributed by atoms with Crippen LogP contribution in [-0.4, -0.2) is 71.2 Å². The minimum Gasteiger partial charge on any atom is -0.495 e. The molecule has 3 heterocycles. The van der Waals surface area contributed by atoms with Crippen LogP contribution in [-0.2, 0) is 0 Å². The van der Waals surface area contributed by atoms with Crippen molar-refractivity contribution in [2.75, 3.05) is 56.4 Å². The predicted molar refractivity (Wildman–Crippen MR) is 129 cm³/mol. The summed E-state index contributed by atoms with van der Waals surface area (Å²) >= 11 is 6.47. The van der Waals surface area contributed by atoms with Crippen molar-refractivity contribution >= 4 is 35.1 Å². The van der Waals surface area contributed by atoms with Crippen molar-refractivity contribution in [3.63, 3.8) is 0 Å². The molecule has 9 nitrogen and oxygen atoms in total. The molecule has 0 atom stereocenters. The fraction of sp³-hybridized carbons (Fsp3) is 0.591. The molecule has 0 saturated carbocycles. The molecule has 0 bridgehead atoms. The third-order valence-corrected chi connectivity index (χ3v) is 6.48. The van der Waals surface area contributed by atoms with Gasteiger partial charge in [-0.3, -0.25) is 5.43 Å². The lowest BCUT2D eigenvalue weighted by atomic mass is 10.0. The molecule has 2 saturated heterocycles. The molecule has 4 rings (SSSR count). The number of rotatable bonds is 6. The molecule has 1 aromatic heterocycles. The Bertz CT molecular complexity index is 897. The average Bonchev–Trinajstić information content (AvgIpc) is 3.04. The summed E-state index contributed by atoms with van der Waals surface area (Å²) in [5.41, 5.74) is 10.4. The Balaban J connectivity index is 1.67. The minimum atomic E-state index is 0.199. The summed E-state index contributed by atoms with van der Waals surface area (Å²) in [4.78, 5) is 18.1. The first-order chi connectivity index (χ1) is 15.5. The molecule has 2 aliphatic heterocycles. The van der Waals surface area contributed by atoms with Gasteiger partial charge in [-0.2, -0.15) is 15.0 Å². The van der Waals surface area contributed by atoms with E-state index in [1.165, 1.54) is 12.8 Å². The highest BCUT2D eigenvalue weighted by molar-refractivity contribution is 6.32. The van der Waals surface area contributed by atoms with Gasteiger partial charge in [-0.15, -0.1) is 0 Å². The molecule has 0 spiro atoms. The van der Waals surface area contributed by atoms with Crippen LogP contribution in [0, 0.1) is 0 Å². The van der Waals surface area contributed by atoms with Crippen molar-refractivity contribution in [3.8, 4) is 5.75 Å². The molecule has 32 heavy (non-hydrogen) atoms. The minimum absolute atomic E-state index is 0.199. The molecule has 10 heteroatoms. The number of nitrogen functional groups attached to an aromatic ring is 1. The summed E-state index contributed by atoms with van der Waals surface area (Å²) < 4.78 is 5.34. The van der Waals surface area contributed by atoms with Crippen LogP contribution in [0.3, 0.4) is 0 Å². The van der Waals surface area contributed by atoms with Crippen molar-refractivity contribution < 1.29 is 4.74 Å². The predicted octanol–water partition coefficient (Wildman–Crippen LogP) is 3.55. The van der Waals surface area contributed by atoms with Crippen LogP contribution in [0.25, 0.3) is 0 Å². The maximum Gasteiger partial charge on any atom is 0.244 e. The third-order valence-electron chi connectivity index (χ3n) is 6.19. The molecule has 1 aromatic carbocycles. The van der Waals surface area contributed by atoms with Crippen LogP contribution >= 0.6 is 11.6 Å². The number of likely N-dealkylation sites (tertiary alicyclic amines) is 1. The van der Waals surface area contributed by atoms with E-state index in [4.69, 9.17) is 27.1 Å². The fourth-order valence-electron chi connectivity index (χ4n) is 4.41. The lowest BCUT2D eigenvalue weighted by molar-refractivity contribution is 0.254. The van der Waals surface area contributed by atoms with Gasteiger partial charge in [-0.1, -0.05) is 24.4 Å². The topological polar surface area (TPSA) is 95.7 Å². The van der Waals surface area contributed by atoms with Gasteiger partial charge in [0.25, 0.3) is 0 Å². The Hall–Kier alpha value is -2.36. The third kappa shape index (κ3) is 5.51. The molecule has 2 fully saturated rings. The Kier molecular flexibility index (Phi) is 7.49. The van der Waals surface area contributed by atoms with E-state index in [1.807, 2.05) is 18.2 Å². The van der Waals surface area contributed by atoms with Gasteiger partial charge >= 0.3 is 0 Å². The number of hydrogen-bond donors (Lipinski definition) is 2. The Morgan fingerprint density at radius 2 is 1.78 bits per heavy atom. The number of benzene rings is 1. The molecule has 0 aliphatic carbocycles. The summed E-state index contributed by atoms with van der Waals surface area (Å²) in [6.07, 6.45) is 6.80. The summed E-state index contributed by atoms with van der Waals surface area (Å²) in [5, 5.41) is 2.73. The van der Waals surface area contributed by atoms with Crippen molar-refractivity contribution in [2.24, 2.45) is 0 Å². The van der Waals surface area contributed by atoms with Crippen LogP contribution in [0.15, 0.2) is 18.2 Å². The van der Waals surface area contributed by atoms with Crippen molar-refractivity contribution in [1.82, 2.24) is 24.9 Å². The van der Waals surface area contributed by atoms with Gasteiger partial charge in [0.1, 0.15) is 5.75 Å². The maximum atomic E-state index is 6.47. The second-order valence-corrected chi connectivity index (χ2v) is 8.96. The van der Waals surface area contributed by atoms with Gasteiger partial charge in [0.05, 0.1) is 12.1 Å². The first-order valence-corrected chi connectivity index (χ1v) is 11.8. The number of hydrogen-bond acceptors (Lipinski definition) is 9. The highest BCUT2D eigenvalue weighted by Gasteiger charge is 2.28. The largest absolute Gasteiger partial charge is 0.495 e. The molecule has 0 amide bonds. The normalized spacial score (nSPS) is 18.8. The van der Waals surface area contributed by atoms with Crippen molar-refractivity contribution in [1.29, 1.82) is 0 Å². The summed E-state index contributed by atoms with van der Waals surface area (Å²) in [6, 6.07) is 6.00. The van der Waals surface area contributed by atoms with E-state index in [-0.39, 0.29) is 12.0 Å². The molecular weight excluding hydrogens is 428 g/mol. The second kappa shape index (κ2) is 10.5. The zero-order valence-electron chi connectivity index (χ0n) is 18.9. The van der Waals surface area contributed by atoms with Crippen LogP contribution in [0.5, 0.6) is 5.75 Å². The lowest BCUT2D eigenvalue weighted by Gasteiger charge is -2.37. The fourth-order valence-corrected chi connectivity index (χ4v) is 4.66. The van der Waals surface area contributed by atoms with Crippen molar-refractivity contribution in [3.05, 3.63) is 23.2 Å². The number of aromatic nitrogens is 3. The van der Waals surface area contributed by atoms with Gasteiger partial charge in [0, 0.05) is 24.8 Å². The van der Waals surface area contributed by atoms with Gasteiger partial charge in [0.2, 0.25) is 17.8 Å². The SMILES string of the molecule is COc1ccc(N(c2nc(N)nc(NN3CCCCCC3)n2)C2CCN(C)CC2)cc1Cl. The van der Waals surface area contributed by atoms with Gasteiger partial charge in [-0.05, 0) is 64.0 Å². The van der Waals surface area contributed by atoms with E-state index in [0.29, 0.717) is 22.7 Å². The zero-order chi connectivity index (χ0) is 22.5. The smallest absolute Gasteiger partial charge is 0.244 e. The molecule has 2 aliphatic rings. The number of nitrogens with one attached hydrogen (secondary N) is 1. The number of methoxy groups -OCH3 is 1. The molecule has 2 aromatic rings. The van der Waals surface area contributed by atoms with Crippen LogP contribution in [0.4, 0.5) is 23.5 Å². The Morgan fingerprint density at radius 1 is 1.06 bits per heavy atom. The Morgan fingerprint density at radius 3 is 2.44 bits per heavy atom. The highest BCUT2D eigenvalue weighted by atomic mass is 35.5. The molecular formula is C22H33ClN8O. The molecule has 3 N–H and O–H groups in total. The number of nitrogens with two attached hydrogens (primary N) is 1. The number of nitrogens with zero attached hydrogens (tertiary/aromatic N) is 6. The first-order valence-electron chi connectivity index (χ1n) is 11.4. The maximum absolute atomic E-state index is 6.47. The molecule has 0 radical (unpaired) electrons. The number of halogens is 1. The van der Waals surface area contributed by atoms with E-state index in [9.17, 15) is 0 Å². The van der Waals surface area contributed by atoms with E-state index in [1.54, 1.807) is 7.11 Å². The molecule has 174 valence electrons.